The molecule has 1 amide bonds. The first-order valence-electron chi connectivity index (χ1n) is 14.5. The Morgan fingerprint density at radius 1 is 0.955 bits per heavy atom. The van der Waals surface area contributed by atoms with Gasteiger partial charge in [0.05, 0.1) is 39.1 Å². The van der Waals surface area contributed by atoms with Crippen molar-refractivity contribution in [1.82, 2.24) is 20.1 Å². The van der Waals surface area contributed by atoms with Gasteiger partial charge in [0, 0.05) is 24.2 Å². The summed E-state index contributed by atoms with van der Waals surface area (Å²) in [7, 11) is -0.686. The molecule has 1 spiro atoms. The molecule has 5 rings (SSSR count). The van der Waals surface area contributed by atoms with Crippen LogP contribution in [0.2, 0.25) is 0 Å². The standard InChI is InChI=1S/C32H40N4O6S.ClH/c1-40-26-17-25(18-27(19-26)41-2)20-34-29(22-42-21-24-9-5-4-6-10-24)31(37)35-36(43(3,38)39)23-32(13-15-33-16-14-32)28-11-7-8-12-30(28)36;/h4-12,17-19,29,33-34H,13-16,20-23H2,1-3H3;1H/p+1. The number of rotatable bonds is 12. The van der Waals surface area contributed by atoms with Crippen LogP contribution >= 0.6 is 12.4 Å². The molecule has 1 fully saturated rings. The first-order valence-corrected chi connectivity index (χ1v) is 16.3. The van der Waals surface area contributed by atoms with Crippen molar-refractivity contribution in [2.45, 2.75) is 37.5 Å². The number of methoxy groups -OCH3 is 2. The number of sulfonamides is 1. The van der Waals surface area contributed by atoms with E-state index in [9.17, 15) is 13.2 Å². The molecule has 0 aromatic heterocycles. The van der Waals surface area contributed by atoms with Crippen LogP contribution in [0.3, 0.4) is 0 Å². The molecule has 1 saturated heterocycles. The van der Waals surface area contributed by atoms with Crippen molar-refractivity contribution < 1.29 is 27.4 Å². The number of hydrogen-bond donors (Lipinski definition) is 3. The molecule has 12 heteroatoms. The Morgan fingerprint density at radius 3 is 2.23 bits per heavy atom. The molecule has 0 radical (unpaired) electrons. The fourth-order valence-electron chi connectivity index (χ4n) is 6.21. The lowest BCUT2D eigenvalue weighted by Crippen LogP contribution is -2.68. The second-order valence-electron chi connectivity index (χ2n) is 11.3. The van der Waals surface area contributed by atoms with Crippen molar-refractivity contribution in [3.63, 3.8) is 0 Å². The number of amides is 1. The lowest BCUT2D eigenvalue weighted by Gasteiger charge is -2.36. The number of carbonyl (C=O) groups excluding carboxylic acids is 1. The third kappa shape index (κ3) is 7.03. The minimum Gasteiger partial charge on any atom is -0.497 e. The van der Waals surface area contributed by atoms with Crippen molar-refractivity contribution >= 4 is 34.0 Å². The van der Waals surface area contributed by atoms with Gasteiger partial charge < -0.3 is 19.5 Å². The normalized spacial score (nSPS) is 19.4. The maximum absolute atomic E-state index is 14.1. The van der Waals surface area contributed by atoms with Crippen molar-refractivity contribution in [3.8, 4) is 11.5 Å². The maximum atomic E-state index is 14.1. The van der Waals surface area contributed by atoms with Crippen LogP contribution in [0.4, 0.5) is 5.69 Å². The third-order valence-corrected chi connectivity index (χ3v) is 10.0. The molecule has 3 aromatic carbocycles. The predicted molar refractivity (Wildman–Crippen MR) is 173 cm³/mol. The van der Waals surface area contributed by atoms with E-state index in [1.54, 1.807) is 20.3 Å². The Hall–Kier alpha value is -3.19. The van der Waals surface area contributed by atoms with E-state index in [-0.39, 0.29) is 31.0 Å². The molecule has 0 saturated carbocycles. The molecule has 2 atom stereocenters. The Morgan fingerprint density at radius 2 is 1.59 bits per heavy atom. The van der Waals surface area contributed by atoms with Gasteiger partial charge in [-0.3, -0.25) is 10.1 Å². The number of quaternary nitrogens is 1. The Kier molecular flexibility index (Phi) is 10.9. The number of nitrogens with one attached hydrogen (secondary N) is 3. The van der Waals surface area contributed by atoms with E-state index in [1.807, 2.05) is 66.7 Å². The molecule has 0 aliphatic carbocycles. The Balaban J connectivity index is 0.00000442. The summed E-state index contributed by atoms with van der Waals surface area (Å²) in [5.74, 6) is 0.786. The van der Waals surface area contributed by atoms with Gasteiger partial charge in [0.2, 0.25) is 0 Å². The molecule has 0 bridgehead atoms. The zero-order valence-corrected chi connectivity index (χ0v) is 27.0. The number of fused-ring (bicyclic) bond motifs is 2. The van der Waals surface area contributed by atoms with Gasteiger partial charge in [0.1, 0.15) is 24.1 Å². The van der Waals surface area contributed by atoms with Crippen LogP contribution in [-0.2, 0) is 38.1 Å². The van der Waals surface area contributed by atoms with E-state index >= 15 is 0 Å². The second kappa shape index (κ2) is 14.3. The van der Waals surface area contributed by atoms with Gasteiger partial charge in [0.15, 0.2) is 5.69 Å². The Labute approximate surface area is 266 Å². The van der Waals surface area contributed by atoms with Crippen LogP contribution in [0.15, 0.2) is 72.8 Å². The average Bonchev–Trinajstić information content (AvgIpc) is 3.29. The summed E-state index contributed by atoms with van der Waals surface area (Å²) >= 11 is 0. The van der Waals surface area contributed by atoms with E-state index in [1.165, 1.54) is 6.26 Å². The van der Waals surface area contributed by atoms with Gasteiger partial charge in [-0.1, -0.05) is 52.5 Å². The number of hydrogen-bond acceptors (Lipinski definition) is 8. The molecular formula is C32H42ClN4O6S+. The molecule has 44 heavy (non-hydrogen) atoms. The highest BCUT2D eigenvalue weighted by Crippen LogP contribution is 2.50. The molecule has 2 heterocycles. The predicted octanol–water partition coefficient (Wildman–Crippen LogP) is 3.43. The van der Waals surface area contributed by atoms with Gasteiger partial charge in [0.25, 0.3) is 5.91 Å². The smallest absolute Gasteiger partial charge is 0.321 e. The molecular weight excluding hydrogens is 604 g/mol. The van der Waals surface area contributed by atoms with Crippen molar-refractivity contribution in [2.75, 3.05) is 46.7 Å². The lowest BCUT2D eigenvalue weighted by molar-refractivity contribution is -0.127. The minimum absolute atomic E-state index is 0. The summed E-state index contributed by atoms with van der Waals surface area (Å²) < 4.78 is 43.6. The Bertz CT molecular complexity index is 1510. The fraction of sp³-hybridized carbons (Fsp3) is 0.406. The van der Waals surface area contributed by atoms with Crippen LogP contribution in [0.5, 0.6) is 11.5 Å². The van der Waals surface area contributed by atoms with Crippen LogP contribution in [-0.4, -0.2) is 67.1 Å². The summed E-state index contributed by atoms with van der Waals surface area (Å²) in [6.07, 6.45) is 2.77. The van der Waals surface area contributed by atoms with E-state index < -0.39 is 26.0 Å². The van der Waals surface area contributed by atoms with Crippen molar-refractivity contribution in [2.24, 2.45) is 0 Å². The molecule has 2 aliphatic heterocycles. The maximum Gasteiger partial charge on any atom is 0.321 e. The average molecular weight is 646 g/mol. The van der Waals surface area contributed by atoms with Crippen molar-refractivity contribution in [3.05, 3.63) is 89.5 Å². The molecule has 238 valence electrons. The van der Waals surface area contributed by atoms with Gasteiger partial charge >= 0.3 is 10.0 Å². The minimum atomic E-state index is -3.85. The summed E-state index contributed by atoms with van der Waals surface area (Å²) in [5.41, 5.74) is 6.02. The summed E-state index contributed by atoms with van der Waals surface area (Å²) in [6.45, 7) is 2.45. The van der Waals surface area contributed by atoms with Crippen LogP contribution in [0.1, 0.15) is 29.5 Å². The highest BCUT2D eigenvalue weighted by atomic mass is 35.5. The van der Waals surface area contributed by atoms with Crippen molar-refractivity contribution in [1.29, 1.82) is 0 Å². The number of halogens is 1. The van der Waals surface area contributed by atoms with E-state index in [0.29, 0.717) is 30.3 Å². The van der Waals surface area contributed by atoms with Gasteiger partial charge in [-0.2, -0.15) is 13.8 Å². The zero-order chi connectivity index (χ0) is 30.5. The highest BCUT2D eigenvalue weighted by molar-refractivity contribution is 7.90. The molecule has 3 N–H and O–H groups in total. The van der Waals surface area contributed by atoms with Crippen LogP contribution in [0.25, 0.3) is 0 Å². The number of carbonyl (C=O) groups is 1. The first-order chi connectivity index (χ1) is 20.7. The highest BCUT2D eigenvalue weighted by Gasteiger charge is 2.60. The molecule has 2 unspecified atom stereocenters. The SMILES string of the molecule is COc1cc(CNC(COCc2ccccc2)C(=O)N[N+]2(S(C)(=O)=O)CC3(CCNCC3)c3ccccc32)cc(OC)c1.Cl. The van der Waals surface area contributed by atoms with Gasteiger partial charge in [-0.05, 0) is 49.2 Å². The summed E-state index contributed by atoms with van der Waals surface area (Å²) in [4.78, 5) is 14.1. The quantitative estimate of drug-likeness (QED) is 0.257. The fourth-order valence-corrected chi connectivity index (χ4v) is 7.46. The van der Waals surface area contributed by atoms with Crippen LogP contribution < -0.4 is 29.5 Å². The van der Waals surface area contributed by atoms with E-state index in [4.69, 9.17) is 14.2 Å². The number of benzene rings is 3. The molecule has 2 aliphatic rings. The number of ether oxygens (including phenoxy) is 3. The monoisotopic (exact) mass is 645 g/mol. The lowest BCUT2D eigenvalue weighted by atomic mass is 9.75. The topological polar surface area (TPSA) is 115 Å². The summed E-state index contributed by atoms with van der Waals surface area (Å²) in [6, 6.07) is 21.9. The molecule has 3 aromatic rings. The van der Waals surface area contributed by atoms with E-state index in [0.717, 1.165) is 42.6 Å². The van der Waals surface area contributed by atoms with Gasteiger partial charge in [-0.25, -0.2) is 0 Å². The third-order valence-electron chi connectivity index (χ3n) is 8.48. The number of para-hydroxylation sites is 1. The van der Waals surface area contributed by atoms with E-state index in [2.05, 4.69) is 16.1 Å². The summed E-state index contributed by atoms with van der Waals surface area (Å²) in [5, 5.41) is 6.69. The molecule has 10 nitrogen and oxygen atoms in total. The number of nitrogens with zero attached hydrogens (tertiary/aromatic N) is 1. The first kappa shape index (κ1) is 33.7. The second-order valence-corrected chi connectivity index (χ2v) is 13.4. The van der Waals surface area contributed by atoms with Crippen LogP contribution in [0, 0.1) is 0 Å². The van der Waals surface area contributed by atoms with Gasteiger partial charge in [-0.15, -0.1) is 12.4 Å². The zero-order valence-electron chi connectivity index (χ0n) is 25.4. The largest absolute Gasteiger partial charge is 0.497 e. The number of piperidine rings is 1.